The van der Waals surface area contributed by atoms with E-state index in [9.17, 15) is 0 Å². The van der Waals surface area contributed by atoms with Gasteiger partial charge in [-0.2, -0.15) is 0 Å². The average molecular weight is 222 g/mol. The molecule has 1 nitrogen and oxygen atoms in total. The van der Waals surface area contributed by atoms with Crippen molar-refractivity contribution in [2.75, 3.05) is 0 Å². The molecule has 3 rings (SSSR count). The molecule has 2 aliphatic rings. The van der Waals surface area contributed by atoms with Crippen molar-refractivity contribution < 1.29 is 0 Å². The molecule has 1 fully saturated rings. The van der Waals surface area contributed by atoms with Gasteiger partial charge in [0.15, 0.2) is 0 Å². The van der Waals surface area contributed by atoms with Crippen LogP contribution in [0.1, 0.15) is 42.9 Å². The Kier molecular flexibility index (Phi) is 2.45. The lowest BCUT2D eigenvalue weighted by Gasteiger charge is -2.19. The molecule has 0 aromatic heterocycles. The Morgan fingerprint density at radius 3 is 2.80 bits per heavy atom. The molecule has 1 aromatic carbocycles. The van der Waals surface area contributed by atoms with Gasteiger partial charge in [0.2, 0.25) is 0 Å². The molecule has 80 valence electrons. The minimum atomic E-state index is 0.597. The van der Waals surface area contributed by atoms with Crippen LogP contribution in [0.15, 0.2) is 18.2 Å². The third-order valence-corrected chi connectivity index (χ3v) is 4.06. The molecule has 0 amide bonds. The summed E-state index contributed by atoms with van der Waals surface area (Å²) in [6.07, 6.45) is 5.59. The molecule has 1 N–H and O–H groups in total. The lowest BCUT2D eigenvalue weighted by atomic mass is 9.92. The maximum atomic E-state index is 6.00. The zero-order chi connectivity index (χ0) is 10.3. The third-order valence-electron chi connectivity index (χ3n) is 3.82. The van der Waals surface area contributed by atoms with Gasteiger partial charge in [-0.1, -0.05) is 30.5 Å². The molecule has 15 heavy (non-hydrogen) atoms. The normalized spacial score (nSPS) is 25.8. The van der Waals surface area contributed by atoms with Crippen LogP contribution < -0.4 is 5.32 Å². The second kappa shape index (κ2) is 3.80. The van der Waals surface area contributed by atoms with Crippen LogP contribution >= 0.6 is 11.6 Å². The first kappa shape index (κ1) is 9.68. The van der Waals surface area contributed by atoms with Gasteiger partial charge in [0.05, 0.1) is 0 Å². The molecule has 0 bridgehead atoms. The van der Waals surface area contributed by atoms with Gasteiger partial charge in [-0.15, -0.1) is 0 Å². The van der Waals surface area contributed by atoms with Crippen molar-refractivity contribution in [2.24, 2.45) is 5.92 Å². The predicted molar refractivity (Wildman–Crippen MR) is 63.0 cm³/mol. The molecule has 1 aromatic rings. The van der Waals surface area contributed by atoms with Gasteiger partial charge in [0, 0.05) is 17.6 Å². The third kappa shape index (κ3) is 1.68. The Morgan fingerprint density at radius 1 is 1.20 bits per heavy atom. The quantitative estimate of drug-likeness (QED) is 0.763. The van der Waals surface area contributed by atoms with Gasteiger partial charge in [-0.3, -0.25) is 0 Å². The summed E-state index contributed by atoms with van der Waals surface area (Å²) in [4.78, 5) is 0. The van der Waals surface area contributed by atoms with Crippen LogP contribution in [0.4, 0.5) is 0 Å². The molecule has 0 saturated heterocycles. The summed E-state index contributed by atoms with van der Waals surface area (Å²) in [5, 5.41) is 4.50. The highest BCUT2D eigenvalue weighted by Gasteiger charge is 2.30. The maximum Gasteiger partial charge on any atom is 0.0409 e. The lowest BCUT2D eigenvalue weighted by molar-refractivity contribution is 0.390. The minimum absolute atomic E-state index is 0.597. The molecular weight excluding hydrogens is 206 g/mol. The number of hydrogen-bond acceptors (Lipinski definition) is 1. The molecule has 1 aliphatic heterocycles. The van der Waals surface area contributed by atoms with Crippen molar-refractivity contribution >= 4 is 11.6 Å². The van der Waals surface area contributed by atoms with E-state index in [0.717, 1.165) is 17.5 Å². The van der Waals surface area contributed by atoms with Crippen LogP contribution in [0.2, 0.25) is 5.02 Å². The summed E-state index contributed by atoms with van der Waals surface area (Å²) in [6, 6.07) is 6.94. The van der Waals surface area contributed by atoms with E-state index in [4.69, 9.17) is 11.6 Å². The summed E-state index contributed by atoms with van der Waals surface area (Å²) in [5.74, 6) is 0.854. The summed E-state index contributed by atoms with van der Waals surface area (Å²) in [6.45, 7) is 0.997. The van der Waals surface area contributed by atoms with Crippen LogP contribution in [0, 0.1) is 5.92 Å². The van der Waals surface area contributed by atoms with Crippen LogP contribution in [-0.2, 0) is 6.54 Å². The minimum Gasteiger partial charge on any atom is -0.306 e. The van der Waals surface area contributed by atoms with Crippen LogP contribution in [0.25, 0.3) is 0 Å². The van der Waals surface area contributed by atoms with E-state index in [-0.39, 0.29) is 0 Å². The fraction of sp³-hybridized carbons (Fsp3) is 0.538. The fourth-order valence-corrected chi connectivity index (χ4v) is 3.27. The highest BCUT2D eigenvalue weighted by Crippen LogP contribution is 2.40. The first-order valence-corrected chi connectivity index (χ1v) is 6.24. The topological polar surface area (TPSA) is 12.0 Å². The Labute approximate surface area is 95.8 Å². The summed E-state index contributed by atoms with van der Waals surface area (Å²) in [5.41, 5.74) is 2.89. The number of fused-ring (bicyclic) bond motifs is 1. The monoisotopic (exact) mass is 221 g/mol. The van der Waals surface area contributed by atoms with Gasteiger partial charge in [-0.05, 0) is 42.0 Å². The number of halogens is 1. The van der Waals surface area contributed by atoms with Crippen molar-refractivity contribution in [3.05, 3.63) is 34.3 Å². The van der Waals surface area contributed by atoms with E-state index in [2.05, 4.69) is 17.4 Å². The van der Waals surface area contributed by atoms with E-state index in [1.165, 1.54) is 36.8 Å². The van der Waals surface area contributed by atoms with Crippen molar-refractivity contribution in [3.63, 3.8) is 0 Å². The number of hydrogen-bond donors (Lipinski definition) is 1. The van der Waals surface area contributed by atoms with Crippen molar-refractivity contribution in [2.45, 2.75) is 38.3 Å². The SMILES string of the molecule is Clc1ccc2c(c1)CNC2C1CCCC1. The largest absolute Gasteiger partial charge is 0.306 e. The summed E-state index contributed by atoms with van der Waals surface area (Å²) >= 11 is 6.00. The zero-order valence-corrected chi connectivity index (χ0v) is 9.56. The van der Waals surface area contributed by atoms with Gasteiger partial charge in [0.25, 0.3) is 0 Å². The van der Waals surface area contributed by atoms with E-state index in [1.807, 2.05) is 6.07 Å². The van der Waals surface area contributed by atoms with Crippen molar-refractivity contribution in [1.82, 2.24) is 5.32 Å². The van der Waals surface area contributed by atoms with Gasteiger partial charge in [0.1, 0.15) is 0 Å². The fourth-order valence-electron chi connectivity index (χ4n) is 3.07. The Bertz CT molecular complexity index is 369. The molecule has 1 aliphatic carbocycles. The Morgan fingerprint density at radius 2 is 2.00 bits per heavy atom. The number of nitrogens with one attached hydrogen (secondary N) is 1. The molecule has 0 spiro atoms. The van der Waals surface area contributed by atoms with E-state index in [1.54, 1.807) is 0 Å². The molecule has 1 saturated carbocycles. The van der Waals surface area contributed by atoms with E-state index < -0.39 is 0 Å². The standard InChI is InChI=1S/C13H16ClN/c14-11-5-6-12-10(7-11)8-15-13(12)9-3-1-2-4-9/h5-7,9,13,15H,1-4,8H2. The van der Waals surface area contributed by atoms with Crippen LogP contribution in [0.3, 0.4) is 0 Å². The van der Waals surface area contributed by atoms with Crippen LogP contribution in [0.5, 0.6) is 0 Å². The Hall–Kier alpha value is -0.530. The number of rotatable bonds is 1. The smallest absolute Gasteiger partial charge is 0.0409 e. The second-order valence-electron chi connectivity index (χ2n) is 4.75. The summed E-state index contributed by atoms with van der Waals surface area (Å²) in [7, 11) is 0. The van der Waals surface area contributed by atoms with E-state index >= 15 is 0 Å². The van der Waals surface area contributed by atoms with E-state index in [0.29, 0.717) is 6.04 Å². The molecule has 0 radical (unpaired) electrons. The second-order valence-corrected chi connectivity index (χ2v) is 5.18. The molecular formula is C13H16ClN. The molecule has 1 atom stereocenters. The molecule has 1 unspecified atom stereocenters. The first-order valence-electron chi connectivity index (χ1n) is 5.86. The Balaban J connectivity index is 1.90. The van der Waals surface area contributed by atoms with Gasteiger partial charge >= 0.3 is 0 Å². The summed E-state index contributed by atoms with van der Waals surface area (Å²) < 4.78 is 0. The predicted octanol–water partition coefficient (Wildman–Crippen LogP) is 3.67. The zero-order valence-electron chi connectivity index (χ0n) is 8.80. The first-order chi connectivity index (χ1) is 7.34. The lowest BCUT2D eigenvalue weighted by Crippen LogP contribution is -2.19. The molecule has 2 heteroatoms. The van der Waals surface area contributed by atoms with Crippen molar-refractivity contribution in [3.8, 4) is 0 Å². The maximum absolute atomic E-state index is 6.00. The van der Waals surface area contributed by atoms with Crippen molar-refractivity contribution in [1.29, 1.82) is 0 Å². The van der Waals surface area contributed by atoms with Crippen LogP contribution in [-0.4, -0.2) is 0 Å². The molecule has 1 heterocycles. The highest BCUT2D eigenvalue weighted by molar-refractivity contribution is 6.30. The average Bonchev–Trinajstić information content (AvgIpc) is 2.82. The van der Waals surface area contributed by atoms with Gasteiger partial charge < -0.3 is 5.32 Å². The number of benzene rings is 1. The highest BCUT2D eigenvalue weighted by atomic mass is 35.5. The van der Waals surface area contributed by atoms with Gasteiger partial charge in [-0.25, -0.2) is 0 Å².